The zero-order chi connectivity index (χ0) is 13.8. The van der Waals surface area contributed by atoms with Crippen molar-refractivity contribution in [3.8, 4) is 0 Å². The maximum Gasteiger partial charge on any atom is 0.0474 e. The molecule has 0 aliphatic rings. The van der Waals surface area contributed by atoms with Crippen LogP contribution in [0.5, 0.6) is 0 Å². The van der Waals surface area contributed by atoms with E-state index in [1.54, 1.807) is 0 Å². The van der Waals surface area contributed by atoms with Crippen molar-refractivity contribution in [1.82, 2.24) is 0 Å². The van der Waals surface area contributed by atoms with E-state index in [0.717, 1.165) is 17.8 Å². The average molecular weight is 282 g/mol. The summed E-state index contributed by atoms with van der Waals surface area (Å²) in [5.74, 6) is 0.559. The summed E-state index contributed by atoms with van der Waals surface area (Å²) in [6.45, 7) is 0.821. The van der Waals surface area contributed by atoms with E-state index in [4.69, 9.17) is 11.6 Å². The Bertz CT molecular complexity index is 699. The quantitative estimate of drug-likeness (QED) is 0.649. The van der Waals surface area contributed by atoms with Crippen molar-refractivity contribution < 1.29 is 0 Å². The minimum Gasteiger partial charge on any atom is -0.381 e. The van der Waals surface area contributed by atoms with Gasteiger partial charge in [0.15, 0.2) is 0 Å². The van der Waals surface area contributed by atoms with E-state index in [1.807, 2.05) is 0 Å². The number of hydrogen-bond donors (Lipinski definition) is 1. The molecule has 3 rings (SSSR count). The second-order valence-corrected chi connectivity index (χ2v) is 5.09. The van der Waals surface area contributed by atoms with Gasteiger partial charge in [-0.25, -0.2) is 0 Å². The van der Waals surface area contributed by atoms with Crippen LogP contribution in [0.3, 0.4) is 0 Å². The van der Waals surface area contributed by atoms with Crippen molar-refractivity contribution in [3.05, 3.63) is 77.9 Å². The predicted molar refractivity (Wildman–Crippen MR) is 87.3 cm³/mol. The maximum absolute atomic E-state index is 5.80. The molecule has 0 bridgehead atoms. The summed E-state index contributed by atoms with van der Waals surface area (Å²) in [5, 5.41) is 6.05. The third-order valence-corrected chi connectivity index (χ3v) is 3.78. The Balaban J connectivity index is 1.79. The van der Waals surface area contributed by atoms with Crippen LogP contribution < -0.4 is 5.32 Å². The Kier molecular flexibility index (Phi) is 3.89. The molecule has 100 valence electrons. The monoisotopic (exact) mass is 281 g/mol. The van der Waals surface area contributed by atoms with Crippen LogP contribution in [-0.4, -0.2) is 0 Å². The SMILES string of the molecule is ClCc1ccc(NCc2cccc3ccccc23)cc1. The van der Waals surface area contributed by atoms with Gasteiger partial charge >= 0.3 is 0 Å². The van der Waals surface area contributed by atoms with Gasteiger partial charge in [-0.05, 0) is 34.0 Å². The van der Waals surface area contributed by atoms with Crippen molar-refractivity contribution in [1.29, 1.82) is 0 Å². The molecule has 3 aromatic carbocycles. The fourth-order valence-corrected chi connectivity index (χ4v) is 2.53. The zero-order valence-corrected chi connectivity index (χ0v) is 11.9. The van der Waals surface area contributed by atoms with Gasteiger partial charge in [0, 0.05) is 18.1 Å². The molecule has 0 unspecified atom stereocenters. The fourth-order valence-electron chi connectivity index (χ4n) is 2.36. The van der Waals surface area contributed by atoms with Crippen molar-refractivity contribution in [2.45, 2.75) is 12.4 Å². The number of alkyl halides is 1. The smallest absolute Gasteiger partial charge is 0.0474 e. The molecule has 0 fully saturated rings. The Hall–Kier alpha value is -1.99. The lowest BCUT2D eigenvalue weighted by molar-refractivity contribution is 1.17. The highest BCUT2D eigenvalue weighted by Gasteiger charge is 2.00. The van der Waals surface area contributed by atoms with Crippen LogP contribution in [0.1, 0.15) is 11.1 Å². The molecule has 0 aliphatic carbocycles. The Morgan fingerprint density at radius 3 is 2.35 bits per heavy atom. The first-order valence-corrected chi connectivity index (χ1v) is 7.26. The molecule has 0 aliphatic heterocycles. The number of hydrogen-bond acceptors (Lipinski definition) is 1. The molecule has 0 saturated heterocycles. The zero-order valence-electron chi connectivity index (χ0n) is 11.1. The third-order valence-electron chi connectivity index (χ3n) is 3.47. The van der Waals surface area contributed by atoms with E-state index in [0.29, 0.717) is 5.88 Å². The van der Waals surface area contributed by atoms with E-state index in [-0.39, 0.29) is 0 Å². The highest BCUT2D eigenvalue weighted by Crippen LogP contribution is 2.20. The third kappa shape index (κ3) is 2.78. The normalized spacial score (nSPS) is 10.7. The van der Waals surface area contributed by atoms with Gasteiger partial charge in [-0.1, -0.05) is 54.6 Å². The molecule has 20 heavy (non-hydrogen) atoms. The van der Waals surface area contributed by atoms with Crippen LogP contribution >= 0.6 is 11.6 Å². The van der Waals surface area contributed by atoms with Gasteiger partial charge in [-0.3, -0.25) is 0 Å². The van der Waals surface area contributed by atoms with Crippen molar-refractivity contribution >= 4 is 28.1 Å². The van der Waals surface area contributed by atoms with Gasteiger partial charge in [-0.15, -0.1) is 11.6 Å². The second kappa shape index (κ2) is 5.98. The summed E-state index contributed by atoms with van der Waals surface area (Å²) in [7, 11) is 0. The molecule has 0 heterocycles. The topological polar surface area (TPSA) is 12.0 Å². The van der Waals surface area contributed by atoms with Gasteiger partial charge in [-0.2, -0.15) is 0 Å². The van der Waals surface area contributed by atoms with Gasteiger partial charge in [0.25, 0.3) is 0 Å². The first-order valence-electron chi connectivity index (χ1n) is 6.72. The minimum absolute atomic E-state index is 0.559. The number of anilines is 1. The lowest BCUT2D eigenvalue weighted by atomic mass is 10.0. The summed E-state index contributed by atoms with van der Waals surface area (Å²) < 4.78 is 0. The Morgan fingerprint density at radius 2 is 1.55 bits per heavy atom. The number of rotatable bonds is 4. The standard InChI is InChI=1S/C18H16ClN/c19-12-14-8-10-17(11-9-14)20-13-16-6-3-5-15-4-1-2-7-18(15)16/h1-11,20H,12-13H2. The predicted octanol–water partition coefficient (Wildman–Crippen LogP) is 5.19. The molecule has 2 heteroatoms. The van der Waals surface area contributed by atoms with E-state index >= 15 is 0 Å². The molecular weight excluding hydrogens is 266 g/mol. The van der Waals surface area contributed by atoms with Crippen molar-refractivity contribution in [2.75, 3.05) is 5.32 Å². The molecule has 0 saturated carbocycles. The molecule has 0 atom stereocenters. The van der Waals surface area contributed by atoms with Crippen molar-refractivity contribution in [3.63, 3.8) is 0 Å². The van der Waals surface area contributed by atoms with Gasteiger partial charge < -0.3 is 5.32 Å². The van der Waals surface area contributed by atoms with E-state index in [2.05, 4.69) is 72.0 Å². The molecule has 1 N–H and O–H groups in total. The highest BCUT2D eigenvalue weighted by atomic mass is 35.5. The molecular formula is C18H16ClN. The van der Waals surface area contributed by atoms with Crippen LogP contribution in [0.4, 0.5) is 5.69 Å². The minimum atomic E-state index is 0.559. The average Bonchev–Trinajstić information content (AvgIpc) is 2.53. The van der Waals surface area contributed by atoms with Crippen LogP contribution in [0.25, 0.3) is 10.8 Å². The molecule has 1 nitrogen and oxygen atoms in total. The Morgan fingerprint density at radius 1 is 0.800 bits per heavy atom. The van der Waals surface area contributed by atoms with Gasteiger partial charge in [0.05, 0.1) is 0 Å². The molecule has 0 spiro atoms. The second-order valence-electron chi connectivity index (χ2n) is 4.82. The lowest BCUT2D eigenvalue weighted by Gasteiger charge is -2.10. The largest absolute Gasteiger partial charge is 0.381 e. The number of benzene rings is 3. The maximum atomic E-state index is 5.80. The lowest BCUT2D eigenvalue weighted by Crippen LogP contribution is -2.00. The molecule has 0 aromatic heterocycles. The summed E-state index contributed by atoms with van der Waals surface area (Å²) >= 11 is 5.80. The number of fused-ring (bicyclic) bond motifs is 1. The summed E-state index contributed by atoms with van der Waals surface area (Å²) in [5.41, 5.74) is 3.57. The molecule has 0 radical (unpaired) electrons. The molecule has 0 amide bonds. The molecule has 3 aromatic rings. The van der Waals surface area contributed by atoms with E-state index in [1.165, 1.54) is 16.3 Å². The van der Waals surface area contributed by atoms with Crippen LogP contribution in [0, 0.1) is 0 Å². The fraction of sp³-hybridized carbons (Fsp3) is 0.111. The highest BCUT2D eigenvalue weighted by molar-refractivity contribution is 6.17. The first-order chi connectivity index (χ1) is 9.86. The number of halogens is 1. The van der Waals surface area contributed by atoms with Crippen LogP contribution in [-0.2, 0) is 12.4 Å². The van der Waals surface area contributed by atoms with Gasteiger partial charge in [0.1, 0.15) is 0 Å². The first kappa shape index (κ1) is 13.0. The van der Waals surface area contributed by atoms with E-state index < -0.39 is 0 Å². The van der Waals surface area contributed by atoms with Crippen LogP contribution in [0.2, 0.25) is 0 Å². The van der Waals surface area contributed by atoms with E-state index in [9.17, 15) is 0 Å². The summed E-state index contributed by atoms with van der Waals surface area (Å²) in [6.07, 6.45) is 0. The number of nitrogens with one attached hydrogen (secondary N) is 1. The van der Waals surface area contributed by atoms with Crippen molar-refractivity contribution in [2.24, 2.45) is 0 Å². The van der Waals surface area contributed by atoms with Gasteiger partial charge in [0.2, 0.25) is 0 Å². The summed E-state index contributed by atoms with van der Waals surface area (Å²) in [4.78, 5) is 0. The Labute approximate surface area is 124 Å². The summed E-state index contributed by atoms with van der Waals surface area (Å²) in [6, 6.07) is 23.2. The van der Waals surface area contributed by atoms with Crippen LogP contribution in [0.15, 0.2) is 66.7 Å².